The highest BCUT2D eigenvalue weighted by Gasteiger charge is 2.24. The van der Waals surface area contributed by atoms with E-state index in [2.05, 4.69) is 31.0 Å². The number of rotatable bonds is 0. The molecule has 0 atom stereocenters. The van der Waals surface area contributed by atoms with Gasteiger partial charge in [0.2, 0.25) is 0 Å². The molecule has 0 unspecified atom stereocenters. The summed E-state index contributed by atoms with van der Waals surface area (Å²) in [6.07, 6.45) is 0. The smallest absolute Gasteiger partial charge is 0.146 e. The minimum Gasteiger partial charge on any atom is -0.377 e. The van der Waals surface area contributed by atoms with Gasteiger partial charge in [0.05, 0.1) is 0 Å². The number of nitrogens with zero attached hydrogens (tertiary/aromatic N) is 1. The zero-order valence-corrected chi connectivity index (χ0v) is 7.98. The van der Waals surface area contributed by atoms with Gasteiger partial charge in [-0.1, -0.05) is 0 Å². The number of carbonyl (C=O) groups excluding carboxylic acids is 1. The maximum atomic E-state index is 10.4. The first kappa shape index (κ1) is 9.30. The van der Waals surface area contributed by atoms with E-state index in [1.54, 1.807) is 0 Å². The van der Waals surface area contributed by atoms with Crippen LogP contribution in [0.5, 0.6) is 0 Å². The summed E-state index contributed by atoms with van der Waals surface area (Å²) in [6.45, 7) is 9.01. The van der Waals surface area contributed by atoms with Crippen LogP contribution in [0, 0.1) is 0 Å². The molecule has 0 aromatic carbocycles. The van der Waals surface area contributed by atoms with Crippen molar-refractivity contribution in [2.45, 2.75) is 26.3 Å². The molecule has 12 heavy (non-hydrogen) atoms. The Morgan fingerprint density at radius 3 is 2.67 bits per heavy atom. The highest BCUT2D eigenvalue weighted by Crippen LogP contribution is 2.15. The second-order valence-electron chi connectivity index (χ2n) is 4.10. The predicted molar refractivity (Wildman–Crippen MR) is 48.5 cm³/mol. The van der Waals surface area contributed by atoms with Crippen LogP contribution in [0.2, 0.25) is 0 Å². The maximum absolute atomic E-state index is 10.4. The molecule has 3 nitrogen and oxygen atoms in total. The van der Waals surface area contributed by atoms with Gasteiger partial charge in [0, 0.05) is 25.2 Å². The third-order valence-corrected chi connectivity index (χ3v) is 2.14. The Morgan fingerprint density at radius 1 is 1.50 bits per heavy atom. The van der Waals surface area contributed by atoms with Gasteiger partial charge in [-0.2, -0.15) is 0 Å². The van der Waals surface area contributed by atoms with Crippen LogP contribution >= 0.6 is 0 Å². The largest absolute Gasteiger partial charge is 0.377 e. The third kappa shape index (κ3) is 2.10. The van der Waals surface area contributed by atoms with E-state index in [1.165, 1.54) is 0 Å². The van der Waals surface area contributed by atoms with E-state index < -0.39 is 0 Å². The van der Waals surface area contributed by atoms with Crippen molar-refractivity contribution in [2.75, 3.05) is 19.6 Å². The molecular weight excluding hydrogens is 152 g/mol. The van der Waals surface area contributed by atoms with Crippen LogP contribution in [0.15, 0.2) is 5.70 Å². The molecule has 1 fully saturated rings. The SMILES string of the molecule is CC(C)(C)N1CCNC(=C=O)C1. The van der Waals surface area contributed by atoms with Gasteiger partial charge in [0.1, 0.15) is 11.6 Å². The van der Waals surface area contributed by atoms with E-state index in [4.69, 9.17) is 0 Å². The Kier molecular flexibility index (Phi) is 2.55. The standard InChI is InChI=1S/C9H16N2O/c1-9(2,3)11-5-4-10-8(6-11)7-12/h10H,4-6H2,1-3H3. The van der Waals surface area contributed by atoms with E-state index in [1.807, 2.05) is 5.94 Å². The van der Waals surface area contributed by atoms with Gasteiger partial charge in [0.25, 0.3) is 0 Å². The normalized spacial score (nSPS) is 20.1. The Hall–Kier alpha value is -0.790. The lowest BCUT2D eigenvalue weighted by Gasteiger charge is -2.38. The summed E-state index contributed by atoms with van der Waals surface area (Å²) in [7, 11) is 0. The van der Waals surface area contributed by atoms with Crippen LogP contribution in [0.1, 0.15) is 20.8 Å². The first-order valence-electron chi connectivity index (χ1n) is 4.27. The molecule has 1 aliphatic rings. The number of piperazine rings is 1. The van der Waals surface area contributed by atoms with Crippen molar-refractivity contribution in [2.24, 2.45) is 0 Å². The molecule has 1 saturated heterocycles. The second kappa shape index (κ2) is 3.30. The van der Waals surface area contributed by atoms with Crippen molar-refractivity contribution in [3.05, 3.63) is 5.70 Å². The molecule has 1 N–H and O–H groups in total. The van der Waals surface area contributed by atoms with Crippen LogP contribution in [0.4, 0.5) is 0 Å². The Bertz CT molecular complexity index is 211. The van der Waals surface area contributed by atoms with Gasteiger partial charge < -0.3 is 5.32 Å². The number of hydrogen-bond acceptors (Lipinski definition) is 3. The summed E-state index contributed by atoms with van der Waals surface area (Å²) in [6, 6.07) is 0. The lowest BCUT2D eigenvalue weighted by Crippen LogP contribution is -2.51. The predicted octanol–water partition coefficient (Wildman–Crippen LogP) is 0.406. The molecule has 0 aromatic heterocycles. The summed E-state index contributed by atoms with van der Waals surface area (Å²) in [5.41, 5.74) is 0.820. The van der Waals surface area contributed by atoms with Crippen LogP contribution in [0.25, 0.3) is 0 Å². The van der Waals surface area contributed by atoms with E-state index in [0.29, 0.717) is 12.2 Å². The number of nitrogens with one attached hydrogen (secondary N) is 1. The van der Waals surface area contributed by atoms with Gasteiger partial charge in [0.15, 0.2) is 0 Å². The fourth-order valence-electron chi connectivity index (χ4n) is 1.31. The molecule has 3 heteroatoms. The average molecular weight is 168 g/mol. The number of hydrogen-bond donors (Lipinski definition) is 1. The van der Waals surface area contributed by atoms with E-state index >= 15 is 0 Å². The minimum absolute atomic E-state index is 0.143. The van der Waals surface area contributed by atoms with Crippen LogP contribution < -0.4 is 5.32 Å². The van der Waals surface area contributed by atoms with Crippen molar-refractivity contribution in [3.8, 4) is 0 Å². The molecule has 0 amide bonds. The fourth-order valence-corrected chi connectivity index (χ4v) is 1.31. The first-order valence-corrected chi connectivity index (χ1v) is 4.27. The highest BCUT2D eigenvalue weighted by molar-refractivity contribution is 5.52. The molecule has 68 valence electrons. The van der Waals surface area contributed by atoms with Gasteiger partial charge in [-0.25, -0.2) is 4.79 Å². The zero-order valence-electron chi connectivity index (χ0n) is 7.98. The third-order valence-electron chi connectivity index (χ3n) is 2.14. The highest BCUT2D eigenvalue weighted by atomic mass is 16.1. The van der Waals surface area contributed by atoms with Crippen LogP contribution in [-0.2, 0) is 4.79 Å². The molecule has 0 aliphatic carbocycles. The lowest BCUT2D eigenvalue weighted by molar-refractivity contribution is 0.135. The van der Waals surface area contributed by atoms with E-state index in [-0.39, 0.29) is 5.54 Å². The van der Waals surface area contributed by atoms with E-state index in [0.717, 1.165) is 13.1 Å². The zero-order chi connectivity index (χ0) is 9.19. The quantitative estimate of drug-likeness (QED) is 0.532. The molecule has 0 bridgehead atoms. The summed E-state index contributed by atoms with van der Waals surface area (Å²) in [4.78, 5) is 12.6. The second-order valence-corrected chi connectivity index (χ2v) is 4.10. The minimum atomic E-state index is 0.143. The van der Waals surface area contributed by atoms with Crippen molar-refractivity contribution < 1.29 is 4.79 Å². The van der Waals surface area contributed by atoms with Gasteiger partial charge in [-0.05, 0) is 20.8 Å². The van der Waals surface area contributed by atoms with Crippen molar-refractivity contribution in [1.82, 2.24) is 10.2 Å². The molecule has 1 rings (SSSR count). The van der Waals surface area contributed by atoms with Crippen molar-refractivity contribution >= 4 is 5.94 Å². The molecular formula is C9H16N2O. The van der Waals surface area contributed by atoms with Crippen molar-refractivity contribution in [1.29, 1.82) is 0 Å². The summed E-state index contributed by atoms with van der Waals surface area (Å²) in [5.74, 6) is 1.92. The van der Waals surface area contributed by atoms with Gasteiger partial charge in [-0.3, -0.25) is 4.90 Å². The molecule has 0 aromatic rings. The monoisotopic (exact) mass is 168 g/mol. The molecule has 0 radical (unpaired) electrons. The first-order chi connectivity index (χ1) is 5.54. The molecule has 0 saturated carbocycles. The molecule has 0 spiro atoms. The topological polar surface area (TPSA) is 32.3 Å². The average Bonchev–Trinajstić information content (AvgIpc) is 2.03. The van der Waals surface area contributed by atoms with Gasteiger partial charge >= 0.3 is 0 Å². The maximum Gasteiger partial charge on any atom is 0.146 e. The summed E-state index contributed by atoms with van der Waals surface area (Å²) < 4.78 is 0. The molecule has 1 heterocycles. The van der Waals surface area contributed by atoms with Crippen molar-refractivity contribution in [3.63, 3.8) is 0 Å². The van der Waals surface area contributed by atoms with Crippen LogP contribution in [-0.4, -0.2) is 36.0 Å². The fraction of sp³-hybridized carbons (Fsp3) is 0.778. The molecule has 1 aliphatic heterocycles. The Labute approximate surface area is 73.4 Å². The lowest BCUT2D eigenvalue weighted by atomic mass is 10.0. The van der Waals surface area contributed by atoms with Gasteiger partial charge in [-0.15, -0.1) is 0 Å². The Morgan fingerprint density at radius 2 is 2.17 bits per heavy atom. The van der Waals surface area contributed by atoms with E-state index in [9.17, 15) is 4.79 Å². The summed E-state index contributed by atoms with van der Waals surface area (Å²) >= 11 is 0. The Balaban J connectivity index is 2.64. The summed E-state index contributed by atoms with van der Waals surface area (Å²) in [5, 5.41) is 3.02. The van der Waals surface area contributed by atoms with Crippen LogP contribution in [0.3, 0.4) is 0 Å².